The quantitative estimate of drug-likeness (QED) is 0.261. The molecule has 3 aromatic carbocycles. The zero-order chi connectivity index (χ0) is 24.4. The Bertz CT molecular complexity index is 1540. The van der Waals surface area contributed by atoms with Crippen molar-refractivity contribution >= 4 is 46.0 Å². The van der Waals surface area contributed by atoms with Crippen LogP contribution in [0.15, 0.2) is 85.2 Å². The number of H-pyrrole nitrogens is 1. The highest BCUT2D eigenvalue weighted by Crippen LogP contribution is 2.30. The number of nitrogens with zero attached hydrogens (tertiary/aromatic N) is 2. The standard InChI is InChI=1S/C26H20ClN5O3/c1-35-25(33)16-7-10-22-23(13-16)31-24(30-22)20-15-18(8-9-21(20)27)29-26(34)28-17-5-4-6-19(14-17)32-11-2-3-12-32/h2-15H,1H3,(H,30,31)(H2,28,29,34). The highest BCUT2D eigenvalue weighted by atomic mass is 35.5. The summed E-state index contributed by atoms with van der Waals surface area (Å²) in [5.74, 6) is 0.0766. The number of benzene rings is 3. The maximum Gasteiger partial charge on any atom is 0.337 e. The first-order valence-electron chi connectivity index (χ1n) is 10.7. The summed E-state index contributed by atoms with van der Waals surface area (Å²) in [7, 11) is 1.33. The van der Waals surface area contributed by atoms with E-state index in [0.717, 1.165) is 5.69 Å². The van der Waals surface area contributed by atoms with Crippen molar-refractivity contribution in [2.45, 2.75) is 0 Å². The third kappa shape index (κ3) is 4.73. The lowest BCUT2D eigenvalue weighted by Crippen LogP contribution is -2.19. The third-order valence-electron chi connectivity index (χ3n) is 5.39. The Hall–Kier alpha value is -4.56. The van der Waals surface area contributed by atoms with Gasteiger partial charge in [-0.2, -0.15) is 0 Å². The second-order valence-corrected chi connectivity index (χ2v) is 8.13. The lowest BCUT2D eigenvalue weighted by Gasteiger charge is -2.11. The van der Waals surface area contributed by atoms with Crippen LogP contribution in [0.2, 0.25) is 5.02 Å². The zero-order valence-electron chi connectivity index (χ0n) is 18.6. The number of aromatic amines is 1. The van der Waals surface area contributed by atoms with Gasteiger partial charge in [-0.1, -0.05) is 17.7 Å². The Morgan fingerprint density at radius 2 is 1.71 bits per heavy atom. The summed E-state index contributed by atoms with van der Waals surface area (Å²) in [4.78, 5) is 32.2. The maximum atomic E-state index is 12.7. The van der Waals surface area contributed by atoms with Crippen LogP contribution in [0.4, 0.5) is 16.2 Å². The molecule has 2 heterocycles. The third-order valence-corrected chi connectivity index (χ3v) is 5.72. The van der Waals surface area contributed by atoms with E-state index in [1.807, 2.05) is 53.4 Å². The van der Waals surface area contributed by atoms with Crippen LogP contribution in [-0.4, -0.2) is 33.6 Å². The van der Waals surface area contributed by atoms with Gasteiger partial charge in [0.2, 0.25) is 0 Å². The van der Waals surface area contributed by atoms with Crippen molar-refractivity contribution in [3.63, 3.8) is 0 Å². The predicted octanol–water partition coefficient (Wildman–Crippen LogP) is 6.10. The van der Waals surface area contributed by atoms with E-state index < -0.39 is 12.0 Å². The van der Waals surface area contributed by atoms with E-state index in [-0.39, 0.29) is 0 Å². The molecule has 174 valence electrons. The summed E-state index contributed by atoms with van der Waals surface area (Å²) < 4.78 is 6.73. The van der Waals surface area contributed by atoms with Gasteiger partial charge in [-0.15, -0.1) is 0 Å². The predicted molar refractivity (Wildman–Crippen MR) is 136 cm³/mol. The normalized spacial score (nSPS) is 10.8. The lowest BCUT2D eigenvalue weighted by molar-refractivity contribution is 0.0601. The second-order valence-electron chi connectivity index (χ2n) is 7.72. The second kappa shape index (κ2) is 9.36. The van der Waals surface area contributed by atoms with Gasteiger partial charge in [-0.05, 0) is 66.7 Å². The number of methoxy groups -OCH3 is 1. The van der Waals surface area contributed by atoms with E-state index in [4.69, 9.17) is 16.3 Å². The number of halogens is 1. The van der Waals surface area contributed by atoms with Crippen LogP contribution in [0.25, 0.3) is 28.1 Å². The average molecular weight is 486 g/mol. The van der Waals surface area contributed by atoms with E-state index >= 15 is 0 Å². The molecule has 5 aromatic rings. The molecule has 0 unspecified atom stereocenters. The molecule has 8 nitrogen and oxygen atoms in total. The van der Waals surface area contributed by atoms with Gasteiger partial charge in [-0.25, -0.2) is 14.6 Å². The van der Waals surface area contributed by atoms with Crippen molar-refractivity contribution in [2.75, 3.05) is 17.7 Å². The van der Waals surface area contributed by atoms with Crippen LogP contribution < -0.4 is 10.6 Å². The van der Waals surface area contributed by atoms with Gasteiger partial charge >= 0.3 is 12.0 Å². The lowest BCUT2D eigenvalue weighted by atomic mass is 10.2. The number of ether oxygens (including phenoxy) is 1. The van der Waals surface area contributed by atoms with Crippen molar-refractivity contribution in [1.82, 2.24) is 14.5 Å². The van der Waals surface area contributed by atoms with Gasteiger partial charge in [-0.3, -0.25) is 0 Å². The molecule has 9 heteroatoms. The molecule has 0 radical (unpaired) electrons. The Morgan fingerprint density at radius 1 is 0.943 bits per heavy atom. The number of anilines is 2. The molecule has 3 N–H and O–H groups in total. The summed E-state index contributed by atoms with van der Waals surface area (Å²) in [6.45, 7) is 0. The summed E-state index contributed by atoms with van der Waals surface area (Å²) in [5.41, 5.74) is 4.48. The molecular weight excluding hydrogens is 466 g/mol. The molecule has 0 aliphatic rings. The fraction of sp³-hybridized carbons (Fsp3) is 0.0385. The molecule has 0 aliphatic heterocycles. The molecule has 0 aliphatic carbocycles. The molecule has 0 saturated carbocycles. The molecular formula is C26H20ClN5O3. The number of nitrogens with one attached hydrogen (secondary N) is 3. The van der Waals surface area contributed by atoms with E-state index in [1.54, 1.807) is 36.4 Å². The number of urea groups is 1. The molecule has 2 amide bonds. The number of carbonyl (C=O) groups is 2. The zero-order valence-corrected chi connectivity index (χ0v) is 19.3. The van der Waals surface area contributed by atoms with E-state index in [1.165, 1.54) is 7.11 Å². The van der Waals surface area contributed by atoms with Crippen LogP contribution in [0.5, 0.6) is 0 Å². The van der Waals surface area contributed by atoms with Crippen LogP contribution in [0.1, 0.15) is 10.4 Å². The molecule has 0 saturated heterocycles. The Morgan fingerprint density at radius 3 is 2.49 bits per heavy atom. The minimum Gasteiger partial charge on any atom is -0.465 e. The summed E-state index contributed by atoms with van der Waals surface area (Å²) in [6.07, 6.45) is 3.87. The van der Waals surface area contributed by atoms with Crippen molar-refractivity contribution < 1.29 is 14.3 Å². The monoisotopic (exact) mass is 485 g/mol. The molecule has 0 bridgehead atoms. The molecule has 5 rings (SSSR count). The number of fused-ring (bicyclic) bond motifs is 1. The van der Waals surface area contributed by atoms with Gasteiger partial charge in [0.15, 0.2) is 0 Å². The highest BCUT2D eigenvalue weighted by molar-refractivity contribution is 6.33. The van der Waals surface area contributed by atoms with Crippen LogP contribution in [-0.2, 0) is 4.74 Å². The minimum atomic E-state index is -0.433. The van der Waals surface area contributed by atoms with Crippen molar-refractivity contribution in [3.05, 3.63) is 95.8 Å². The summed E-state index contributed by atoms with van der Waals surface area (Å²) in [6, 6.07) is 21.2. The average Bonchev–Trinajstić information content (AvgIpc) is 3.54. The Balaban J connectivity index is 1.35. The maximum absolute atomic E-state index is 12.7. The Kier molecular flexibility index (Phi) is 5.95. The number of imidazole rings is 1. The summed E-state index contributed by atoms with van der Waals surface area (Å²) in [5, 5.41) is 6.14. The number of hydrogen-bond donors (Lipinski definition) is 3. The van der Waals surface area contributed by atoms with Crippen molar-refractivity contribution in [3.8, 4) is 17.1 Å². The number of rotatable bonds is 5. The van der Waals surface area contributed by atoms with Crippen molar-refractivity contribution in [2.24, 2.45) is 0 Å². The largest absolute Gasteiger partial charge is 0.465 e. The molecule has 35 heavy (non-hydrogen) atoms. The number of esters is 1. The van der Waals surface area contributed by atoms with Crippen molar-refractivity contribution in [1.29, 1.82) is 0 Å². The van der Waals surface area contributed by atoms with Crippen LogP contribution in [0.3, 0.4) is 0 Å². The van der Waals surface area contributed by atoms with Gasteiger partial charge in [0.25, 0.3) is 0 Å². The smallest absolute Gasteiger partial charge is 0.337 e. The Labute approximate surface area is 205 Å². The number of carbonyl (C=O) groups excluding carboxylic acids is 2. The first-order valence-corrected chi connectivity index (χ1v) is 11.1. The first-order chi connectivity index (χ1) is 17.0. The fourth-order valence-electron chi connectivity index (χ4n) is 3.71. The van der Waals surface area contributed by atoms with E-state index in [0.29, 0.717) is 44.4 Å². The van der Waals surface area contributed by atoms with E-state index in [9.17, 15) is 9.59 Å². The van der Waals surface area contributed by atoms with Gasteiger partial charge in [0.05, 0.1) is 28.7 Å². The number of amides is 2. The SMILES string of the molecule is COC(=O)c1ccc2nc(-c3cc(NC(=O)Nc4cccc(-n5cccc5)c4)ccc3Cl)[nH]c2c1. The topological polar surface area (TPSA) is 101 Å². The molecule has 0 spiro atoms. The molecule has 0 fully saturated rings. The van der Waals surface area contributed by atoms with E-state index in [2.05, 4.69) is 20.6 Å². The van der Waals surface area contributed by atoms with Gasteiger partial charge < -0.3 is 24.9 Å². The van der Waals surface area contributed by atoms with Gasteiger partial charge in [0, 0.05) is 35.0 Å². The summed E-state index contributed by atoms with van der Waals surface area (Å²) >= 11 is 6.43. The number of aromatic nitrogens is 3. The molecule has 2 aromatic heterocycles. The first kappa shape index (κ1) is 22.2. The molecule has 0 atom stereocenters. The fourth-order valence-corrected chi connectivity index (χ4v) is 3.92. The van der Waals surface area contributed by atoms with Gasteiger partial charge in [0.1, 0.15) is 5.82 Å². The highest BCUT2D eigenvalue weighted by Gasteiger charge is 2.14. The number of hydrogen-bond acceptors (Lipinski definition) is 4. The van der Waals surface area contributed by atoms with Crippen LogP contribution in [0, 0.1) is 0 Å². The minimum absolute atomic E-state index is 0.393. The van der Waals surface area contributed by atoms with Crippen LogP contribution >= 0.6 is 11.6 Å².